The minimum Gasteiger partial charge on any atom is -0.310 e. The summed E-state index contributed by atoms with van der Waals surface area (Å²) in [5.74, 6) is 0. The van der Waals surface area contributed by atoms with Crippen LogP contribution in [0.5, 0.6) is 0 Å². The van der Waals surface area contributed by atoms with Gasteiger partial charge in [-0.05, 0) is 87.6 Å². The first kappa shape index (κ1) is 28.3. The Morgan fingerprint density at radius 2 is 0.980 bits per heavy atom. The molecule has 2 aromatic heterocycles. The van der Waals surface area contributed by atoms with Crippen LogP contribution < -0.4 is 4.90 Å². The lowest BCUT2D eigenvalue weighted by atomic mass is 9.95. The average molecular weight is 660 g/mol. The number of hydrogen-bond acceptors (Lipinski definition) is 3. The molecule has 0 saturated heterocycles. The maximum Gasteiger partial charge on any atom is 0.0476 e. The molecule has 10 rings (SSSR count). The van der Waals surface area contributed by atoms with Gasteiger partial charge in [0.25, 0.3) is 0 Å². The maximum absolute atomic E-state index is 2.40. The van der Waals surface area contributed by atoms with Gasteiger partial charge in [-0.15, -0.1) is 22.7 Å². The summed E-state index contributed by atoms with van der Waals surface area (Å²) in [5, 5.41) is 7.88. The van der Waals surface area contributed by atoms with E-state index in [-0.39, 0.29) is 0 Å². The maximum atomic E-state index is 2.40. The Hall–Kier alpha value is -5.74. The third-order valence-corrected chi connectivity index (χ3v) is 12.0. The van der Waals surface area contributed by atoms with Gasteiger partial charge in [-0.25, -0.2) is 0 Å². The Morgan fingerprint density at radius 3 is 1.82 bits per heavy atom. The number of thiophene rings is 2. The average Bonchev–Trinajstić information content (AvgIpc) is 3.74. The second-order valence-corrected chi connectivity index (χ2v) is 14.7. The van der Waals surface area contributed by atoms with Gasteiger partial charge in [0.1, 0.15) is 0 Å². The molecule has 0 bridgehead atoms. The number of hydrogen-bond donors (Lipinski definition) is 0. The molecular weight excluding hydrogens is 631 g/mol. The zero-order valence-corrected chi connectivity index (χ0v) is 28.1. The molecule has 10 aromatic rings. The molecule has 0 fully saturated rings. The molecule has 0 atom stereocenters. The largest absolute Gasteiger partial charge is 0.310 e. The summed E-state index contributed by atoms with van der Waals surface area (Å²) in [6, 6.07) is 64.3. The molecule has 0 amide bonds. The van der Waals surface area contributed by atoms with Crippen molar-refractivity contribution in [3.63, 3.8) is 0 Å². The predicted molar refractivity (Wildman–Crippen MR) is 215 cm³/mol. The minimum atomic E-state index is 1.13. The van der Waals surface area contributed by atoms with E-state index in [9.17, 15) is 0 Å². The Morgan fingerprint density at radius 1 is 0.347 bits per heavy atom. The van der Waals surface area contributed by atoms with E-state index in [4.69, 9.17) is 0 Å². The summed E-state index contributed by atoms with van der Waals surface area (Å²) >= 11 is 3.76. The van der Waals surface area contributed by atoms with Gasteiger partial charge in [-0.3, -0.25) is 0 Å². The molecule has 0 spiro atoms. The third kappa shape index (κ3) is 4.74. The zero-order valence-electron chi connectivity index (χ0n) is 26.5. The van der Waals surface area contributed by atoms with Crippen molar-refractivity contribution in [2.75, 3.05) is 4.90 Å². The van der Waals surface area contributed by atoms with Crippen LogP contribution in [0.1, 0.15) is 0 Å². The van der Waals surface area contributed by atoms with Gasteiger partial charge in [0.05, 0.1) is 0 Å². The van der Waals surface area contributed by atoms with Crippen molar-refractivity contribution < 1.29 is 0 Å². The van der Waals surface area contributed by atoms with Gasteiger partial charge in [0.2, 0.25) is 0 Å². The van der Waals surface area contributed by atoms with E-state index in [0.717, 1.165) is 17.1 Å². The van der Waals surface area contributed by atoms with Gasteiger partial charge in [0, 0.05) is 57.4 Å². The normalized spacial score (nSPS) is 11.7. The van der Waals surface area contributed by atoms with E-state index in [0.29, 0.717) is 0 Å². The molecule has 0 aliphatic heterocycles. The molecule has 0 N–H and O–H groups in total. The fraction of sp³-hybridized carbons (Fsp3) is 0. The molecule has 1 nitrogen and oxygen atoms in total. The second kappa shape index (κ2) is 11.5. The van der Waals surface area contributed by atoms with E-state index in [1.54, 1.807) is 0 Å². The number of anilines is 3. The lowest BCUT2D eigenvalue weighted by molar-refractivity contribution is 1.29. The van der Waals surface area contributed by atoms with E-state index in [1.165, 1.54) is 73.4 Å². The van der Waals surface area contributed by atoms with Crippen molar-refractivity contribution >= 4 is 90.9 Å². The fourth-order valence-corrected chi connectivity index (χ4v) is 9.74. The van der Waals surface area contributed by atoms with Crippen molar-refractivity contribution in [1.29, 1.82) is 0 Å². The Balaban J connectivity index is 1.15. The lowest BCUT2D eigenvalue weighted by Crippen LogP contribution is -2.09. The van der Waals surface area contributed by atoms with Crippen LogP contribution in [-0.4, -0.2) is 0 Å². The van der Waals surface area contributed by atoms with E-state index in [2.05, 4.69) is 181 Å². The minimum absolute atomic E-state index is 1.13. The van der Waals surface area contributed by atoms with Crippen molar-refractivity contribution in [3.05, 3.63) is 176 Å². The number of nitrogens with zero attached hydrogens (tertiary/aromatic N) is 1. The highest BCUT2D eigenvalue weighted by Crippen LogP contribution is 2.46. The van der Waals surface area contributed by atoms with Gasteiger partial charge in [-0.1, -0.05) is 121 Å². The summed E-state index contributed by atoms with van der Waals surface area (Å²) < 4.78 is 5.30. The van der Waals surface area contributed by atoms with Crippen LogP contribution in [0, 0.1) is 0 Å². The van der Waals surface area contributed by atoms with E-state index in [1.807, 2.05) is 22.7 Å². The van der Waals surface area contributed by atoms with E-state index < -0.39 is 0 Å². The third-order valence-electron chi connectivity index (χ3n) is 9.64. The molecule has 2 heterocycles. The van der Waals surface area contributed by atoms with Gasteiger partial charge in [0.15, 0.2) is 0 Å². The lowest BCUT2D eigenvalue weighted by Gasteiger charge is -2.26. The molecule has 3 heteroatoms. The van der Waals surface area contributed by atoms with Crippen LogP contribution in [0.3, 0.4) is 0 Å². The van der Waals surface area contributed by atoms with Gasteiger partial charge in [-0.2, -0.15) is 0 Å². The standard InChI is InChI=1S/C46H29NS2/c1-2-11-30(12-3-1)32-14-10-15-35(27-32)47(36-25-26-39-38-17-6-8-19-42(38)48-44(39)29-36)34-23-21-31(22-24-34)41-28-33-13-4-5-16-37(33)46-45(41)40-18-7-9-20-43(40)49-46/h1-29H. The van der Waals surface area contributed by atoms with Crippen molar-refractivity contribution in [1.82, 2.24) is 0 Å². The number of fused-ring (bicyclic) bond motifs is 8. The number of rotatable bonds is 5. The van der Waals surface area contributed by atoms with Crippen LogP contribution >= 0.6 is 22.7 Å². The van der Waals surface area contributed by atoms with Crippen molar-refractivity contribution in [2.45, 2.75) is 0 Å². The first-order valence-corrected chi connectivity index (χ1v) is 18.2. The van der Waals surface area contributed by atoms with Crippen LogP contribution in [-0.2, 0) is 0 Å². The molecule has 0 unspecified atom stereocenters. The highest BCUT2D eigenvalue weighted by Gasteiger charge is 2.18. The molecule has 230 valence electrons. The van der Waals surface area contributed by atoms with Gasteiger partial charge >= 0.3 is 0 Å². The molecule has 0 saturated carbocycles. The molecule has 0 aliphatic rings. The Kier molecular flexibility index (Phi) is 6.61. The fourth-order valence-electron chi connectivity index (χ4n) is 7.33. The molecule has 8 aromatic carbocycles. The first-order chi connectivity index (χ1) is 24.3. The van der Waals surface area contributed by atoms with Crippen LogP contribution in [0.15, 0.2) is 176 Å². The summed E-state index contributed by atoms with van der Waals surface area (Å²) in [5.41, 5.74) is 8.32. The van der Waals surface area contributed by atoms with Crippen molar-refractivity contribution in [2.24, 2.45) is 0 Å². The molecule has 0 aliphatic carbocycles. The van der Waals surface area contributed by atoms with Crippen LogP contribution in [0.2, 0.25) is 0 Å². The van der Waals surface area contributed by atoms with Crippen molar-refractivity contribution in [3.8, 4) is 22.3 Å². The summed E-state index contributed by atoms with van der Waals surface area (Å²) in [6.45, 7) is 0. The van der Waals surface area contributed by atoms with Crippen LogP contribution in [0.25, 0.3) is 73.4 Å². The van der Waals surface area contributed by atoms with Crippen LogP contribution in [0.4, 0.5) is 17.1 Å². The Bertz CT molecular complexity index is 2830. The first-order valence-electron chi connectivity index (χ1n) is 16.6. The summed E-state index contributed by atoms with van der Waals surface area (Å²) in [7, 11) is 0. The quantitative estimate of drug-likeness (QED) is 0.178. The highest BCUT2D eigenvalue weighted by molar-refractivity contribution is 7.27. The smallest absolute Gasteiger partial charge is 0.0476 e. The highest BCUT2D eigenvalue weighted by atomic mass is 32.1. The Labute approximate surface area is 292 Å². The predicted octanol–water partition coefficient (Wildman–Crippen LogP) is 14.4. The van der Waals surface area contributed by atoms with Gasteiger partial charge < -0.3 is 4.90 Å². The molecular formula is C46H29NS2. The summed E-state index contributed by atoms with van der Waals surface area (Å²) in [6.07, 6.45) is 0. The van der Waals surface area contributed by atoms with E-state index >= 15 is 0 Å². The molecule has 0 radical (unpaired) electrons. The topological polar surface area (TPSA) is 3.24 Å². The molecule has 49 heavy (non-hydrogen) atoms. The summed E-state index contributed by atoms with van der Waals surface area (Å²) in [4.78, 5) is 2.40. The SMILES string of the molecule is c1ccc(-c2cccc(N(c3ccc(-c4cc5ccccc5c5sc6ccccc6c45)cc3)c3ccc4c(c3)sc3ccccc34)c2)cc1. The monoisotopic (exact) mass is 659 g/mol. The zero-order chi connectivity index (χ0) is 32.3. The second-order valence-electron chi connectivity index (χ2n) is 12.5. The number of benzene rings is 8.